The van der Waals surface area contributed by atoms with Crippen LogP contribution in [0, 0.1) is 23.2 Å². The summed E-state index contributed by atoms with van der Waals surface area (Å²) in [5.41, 5.74) is 8.49. The minimum absolute atomic E-state index is 0.573. The maximum atomic E-state index is 10.1. The molecular weight excluding hydrogens is 420 g/mol. The van der Waals surface area contributed by atoms with Crippen LogP contribution in [0.25, 0.3) is 22.2 Å². The first-order valence-electron chi connectivity index (χ1n) is 12.9. The van der Waals surface area contributed by atoms with E-state index in [9.17, 15) is 5.26 Å². The van der Waals surface area contributed by atoms with E-state index in [1.54, 1.807) is 0 Å². The fourth-order valence-electron chi connectivity index (χ4n) is 6.78. The molecular formula is C28H30N6. The monoisotopic (exact) mass is 450 g/mol. The minimum atomic E-state index is 0.573. The topological polar surface area (TPSA) is 69.2 Å². The van der Waals surface area contributed by atoms with E-state index in [1.165, 1.54) is 37.6 Å². The lowest BCUT2D eigenvalue weighted by Crippen LogP contribution is -2.26. The Morgan fingerprint density at radius 2 is 1.85 bits per heavy atom. The Morgan fingerprint density at radius 3 is 2.65 bits per heavy atom. The summed E-state index contributed by atoms with van der Waals surface area (Å²) in [4.78, 5) is 12.0. The van der Waals surface area contributed by atoms with E-state index in [-0.39, 0.29) is 0 Å². The number of nitrogens with zero attached hydrogens (tertiary/aromatic N) is 5. The Morgan fingerprint density at radius 1 is 1.03 bits per heavy atom. The SMILES string of the molecule is N#Cc1c(N2CC3CNCC3C2)cc(-c2ccc3c(c2)ncn3C2CCCCC2)c2c1CC=N2. The molecule has 2 unspecified atom stereocenters. The number of fused-ring (bicyclic) bond motifs is 3. The van der Waals surface area contributed by atoms with Gasteiger partial charge in [-0.25, -0.2) is 4.98 Å². The van der Waals surface area contributed by atoms with Gasteiger partial charge in [0.1, 0.15) is 6.07 Å². The number of hydrogen-bond donors (Lipinski definition) is 1. The van der Waals surface area contributed by atoms with Crippen LogP contribution in [0.5, 0.6) is 0 Å². The highest BCUT2D eigenvalue weighted by Crippen LogP contribution is 2.45. The molecule has 1 saturated carbocycles. The van der Waals surface area contributed by atoms with Gasteiger partial charge in [-0.15, -0.1) is 0 Å². The molecule has 4 heterocycles. The van der Waals surface area contributed by atoms with Crippen LogP contribution >= 0.6 is 0 Å². The van der Waals surface area contributed by atoms with Crippen LogP contribution in [-0.4, -0.2) is 41.9 Å². The molecule has 0 bridgehead atoms. The van der Waals surface area contributed by atoms with Crippen molar-refractivity contribution in [2.45, 2.75) is 44.6 Å². The third-order valence-electron chi connectivity index (χ3n) is 8.59. The quantitative estimate of drug-likeness (QED) is 0.610. The van der Waals surface area contributed by atoms with E-state index < -0.39 is 0 Å². The van der Waals surface area contributed by atoms with E-state index >= 15 is 0 Å². The second-order valence-electron chi connectivity index (χ2n) is 10.5. The molecule has 1 aromatic heterocycles. The highest BCUT2D eigenvalue weighted by atomic mass is 15.2. The second-order valence-corrected chi connectivity index (χ2v) is 10.5. The first-order chi connectivity index (χ1) is 16.8. The zero-order chi connectivity index (χ0) is 22.6. The number of nitrogens with one attached hydrogen (secondary N) is 1. The summed E-state index contributed by atoms with van der Waals surface area (Å²) in [7, 11) is 0. The number of nitriles is 1. The molecule has 0 amide bonds. The van der Waals surface area contributed by atoms with Crippen LogP contribution in [0.1, 0.15) is 49.3 Å². The maximum absolute atomic E-state index is 10.1. The van der Waals surface area contributed by atoms with Gasteiger partial charge in [0.25, 0.3) is 0 Å². The van der Waals surface area contributed by atoms with Crippen LogP contribution in [0.15, 0.2) is 35.6 Å². The van der Waals surface area contributed by atoms with Gasteiger partial charge in [0.2, 0.25) is 0 Å². The van der Waals surface area contributed by atoms with Crippen LogP contribution in [0.4, 0.5) is 11.4 Å². The number of imidazole rings is 1. The third kappa shape index (κ3) is 3.10. The highest BCUT2D eigenvalue weighted by Gasteiger charge is 2.37. The predicted molar refractivity (Wildman–Crippen MR) is 136 cm³/mol. The Bertz CT molecular complexity index is 1330. The summed E-state index contributed by atoms with van der Waals surface area (Å²) >= 11 is 0. The Labute approximate surface area is 200 Å². The number of anilines is 1. The second kappa shape index (κ2) is 7.95. The molecule has 0 radical (unpaired) electrons. The van der Waals surface area contributed by atoms with Crippen molar-refractivity contribution in [3.63, 3.8) is 0 Å². The largest absolute Gasteiger partial charge is 0.370 e. The lowest BCUT2D eigenvalue weighted by molar-refractivity contribution is 0.359. The molecule has 3 aliphatic heterocycles. The molecule has 2 aromatic carbocycles. The van der Waals surface area contributed by atoms with Crippen LogP contribution in [0.2, 0.25) is 0 Å². The van der Waals surface area contributed by atoms with Gasteiger partial charge in [0.05, 0.1) is 34.3 Å². The van der Waals surface area contributed by atoms with Crippen LogP contribution in [0.3, 0.4) is 0 Å². The molecule has 4 aliphatic rings. The van der Waals surface area contributed by atoms with Gasteiger partial charge in [0, 0.05) is 56.0 Å². The molecule has 6 nitrogen and oxygen atoms in total. The Balaban J connectivity index is 1.31. The summed E-state index contributed by atoms with van der Waals surface area (Å²) in [6.45, 7) is 4.22. The van der Waals surface area contributed by atoms with E-state index in [0.29, 0.717) is 17.9 Å². The van der Waals surface area contributed by atoms with Gasteiger partial charge < -0.3 is 14.8 Å². The lowest BCUT2D eigenvalue weighted by Gasteiger charge is -2.24. The summed E-state index contributed by atoms with van der Waals surface area (Å²) in [6.07, 6.45) is 11.2. The molecule has 1 N–H and O–H groups in total. The molecule has 2 atom stereocenters. The molecule has 3 aromatic rings. The fourth-order valence-corrected chi connectivity index (χ4v) is 6.78. The average Bonchev–Trinajstić information content (AvgIpc) is 3.66. The molecule has 3 fully saturated rings. The number of rotatable bonds is 3. The van der Waals surface area contributed by atoms with Crippen molar-refractivity contribution in [3.8, 4) is 17.2 Å². The average molecular weight is 451 g/mol. The van der Waals surface area contributed by atoms with Crippen molar-refractivity contribution in [1.29, 1.82) is 5.26 Å². The standard InChI is InChI=1S/C28H30N6/c29-12-24-22-8-9-31-28(22)23(11-27(24)33-15-19-13-30-14-20(19)16-33)18-6-7-26-25(10-18)32-17-34(26)21-4-2-1-3-5-21/h6-7,9-11,17,19-21,30H,1-5,8,13-16H2. The van der Waals surface area contributed by atoms with E-state index in [2.05, 4.69) is 45.1 Å². The van der Waals surface area contributed by atoms with E-state index in [4.69, 9.17) is 9.98 Å². The summed E-state index contributed by atoms with van der Waals surface area (Å²) < 4.78 is 2.39. The molecule has 172 valence electrons. The van der Waals surface area contributed by atoms with Gasteiger partial charge in [-0.2, -0.15) is 5.26 Å². The first kappa shape index (κ1) is 20.2. The summed E-state index contributed by atoms with van der Waals surface area (Å²) in [5, 5.41) is 13.6. The molecule has 2 saturated heterocycles. The first-order valence-corrected chi connectivity index (χ1v) is 12.9. The Kier molecular flexibility index (Phi) is 4.73. The van der Waals surface area contributed by atoms with Crippen molar-refractivity contribution in [2.24, 2.45) is 16.8 Å². The number of aromatic nitrogens is 2. The zero-order valence-corrected chi connectivity index (χ0v) is 19.5. The van der Waals surface area contributed by atoms with Gasteiger partial charge in [-0.3, -0.25) is 4.99 Å². The number of aliphatic imine (C=N–C) groups is 1. The summed E-state index contributed by atoms with van der Waals surface area (Å²) in [6, 6.07) is 12.0. The molecule has 34 heavy (non-hydrogen) atoms. The predicted octanol–water partition coefficient (Wildman–Crippen LogP) is 4.99. The van der Waals surface area contributed by atoms with Gasteiger partial charge in [0.15, 0.2) is 0 Å². The van der Waals surface area contributed by atoms with Crippen LogP contribution < -0.4 is 10.2 Å². The van der Waals surface area contributed by atoms with E-state index in [0.717, 1.165) is 71.7 Å². The van der Waals surface area contributed by atoms with Crippen LogP contribution in [-0.2, 0) is 6.42 Å². The van der Waals surface area contributed by atoms with Crippen molar-refractivity contribution < 1.29 is 0 Å². The molecule has 0 spiro atoms. The summed E-state index contributed by atoms with van der Waals surface area (Å²) in [5.74, 6) is 1.36. The lowest BCUT2D eigenvalue weighted by atomic mass is 9.93. The molecule has 6 heteroatoms. The van der Waals surface area contributed by atoms with Gasteiger partial charge in [-0.05, 0) is 48.4 Å². The van der Waals surface area contributed by atoms with Crippen molar-refractivity contribution in [2.75, 3.05) is 31.1 Å². The highest BCUT2D eigenvalue weighted by molar-refractivity contribution is 5.94. The molecule has 1 aliphatic carbocycles. The van der Waals surface area contributed by atoms with Gasteiger partial charge in [-0.1, -0.05) is 25.3 Å². The number of hydrogen-bond acceptors (Lipinski definition) is 5. The van der Waals surface area contributed by atoms with Crippen molar-refractivity contribution in [3.05, 3.63) is 41.7 Å². The normalized spacial score (nSPS) is 24.0. The van der Waals surface area contributed by atoms with Crippen molar-refractivity contribution in [1.82, 2.24) is 14.9 Å². The fraction of sp³-hybridized carbons (Fsp3) is 0.464. The van der Waals surface area contributed by atoms with E-state index in [1.807, 2.05) is 12.5 Å². The minimum Gasteiger partial charge on any atom is -0.370 e. The van der Waals surface area contributed by atoms with Crippen molar-refractivity contribution >= 4 is 28.6 Å². The Hall–Kier alpha value is -3.17. The third-order valence-corrected chi connectivity index (χ3v) is 8.59. The number of benzene rings is 2. The smallest absolute Gasteiger partial charge is 0.102 e. The molecule has 7 rings (SSSR count). The maximum Gasteiger partial charge on any atom is 0.102 e. The zero-order valence-electron chi connectivity index (χ0n) is 19.5. The van der Waals surface area contributed by atoms with Gasteiger partial charge >= 0.3 is 0 Å².